The molecule has 1 aliphatic rings. The maximum absolute atomic E-state index is 11.2. The summed E-state index contributed by atoms with van der Waals surface area (Å²) in [5.74, 6) is 0.315. The number of hydrogen-bond acceptors (Lipinski definition) is 4. The van der Waals surface area contributed by atoms with Crippen LogP contribution in [0.25, 0.3) is 0 Å². The Balaban J connectivity index is 2.37. The summed E-state index contributed by atoms with van der Waals surface area (Å²) in [5.41, 5.74) is 0.662. The quantitative estimate of drug-likeness (QED) is 0.807. The largest absolute Gasteiger partial charge is 0.487 e. The Morgan fingerprint density at radius 1 is 1.41 bits per heavy atom. The van der Waals surface area contributed by atoms with E-state index in [-0.39, 0.29) is 6.10 Å². The summed E-state index contributed by atoms with van der Waals surface area (Å²) in [6.07, 6.45) is 3.68. The molecule has 1 N–H and O–H groups in total. The molecule has 1 aromatic rings. The van der Waals surface area contributed by atoms with Gasteiger partial charge in [-0.1, -0.05) is 6.07 Å². The van der Waals surface area contributed by atoms with Crippen molar-refractivity contribution in [1.82, 2.24) is 0 Å². The molecule has 0 amide bonds. The van der Waals surface area contributed by atoms with Gasteiger partial charge in [-0.15, -0.1) is 0 Å². The lowest BCUT2D eigenvalue weighted by Gasteiger charge is -2.13. The fraction of sp³-hybridized carbons (Fsp3) is 0.364. The number of nitrogens with one attached hydrogen (secondary N) is 1. The third-order valence-corrected chi connectivity index (χ3v) is 2.87. The van der Waals surface area contributed by atoms with E-state index >= 15 is 0 Å². The Kier molecular flexibility index (Phi) is 3.06. The van der Waals surface area contributed by atoms with Gasteiger partial charge in [-0.25, -0.2) is 8.42 Å². The Morgan fingerprint density at radius 3 is 2.65 bits per heavy atom. The molecule has 5 nitrogen and oxygen atoms in total. The van der Waals surface area contributed by atoms with Crippen LogP contribution in [0.4, 0.5) is 5.69 Å². The zero-order valence-corrected chi connectivity index (χ0v) is 10.2. The fourth-order valence-electron chi connectivity index (χ4n) is 1.41. The summed E-state index contributed by atoms with van der Waals surface area (Å²) in [4.78, 5) is 10.9. The maximum Gasteiger partial charge on any atom is 0.229 e. The first-order valence-corrected chi connectivity index (χ1v) is 7.11. The predicted octanol–water partition coefficient (Wildman–Crippen LogP) is 1.41. The van der Waals surface area contributed by atoms with Crippen molar-refractivity contribution in [1.29, 1.82) is 0 Å². The molecule has 6 heteroatoms. The summed E-state index contributed by atoms with van der Waals surface area (Å²) in [6, 6.07) is 4.78. The molecule has 1 aliphatic carbocycles. The molecular weight excluding hydrogens is 242 g/mol. The number of carbonyl (C=O) groups excluding carboxylic acids is 1. The highest BCUT2D eigenvalue weighted by molar-refractivity contribution is 7.92. The first-order valence-electron chi connectivity index (χ1n) is 5.22. The van der Waals surface area contributed by atoms with Crippen LogP contribution >= 0.6 is 0 Å². The monoisotopic (exact) mass is 255 g/mol. The second kappa shape index (κ2) is 4.37. The van der Waals surface area contributed by atoms with E-state index in [1.54, 1.807) is 18.2 Å². The van der Waals surface area contributed by atoms with Gasteiger partial charge < -0.3 is 4.74 Å². The topological polar surface area (TPSA) is 72.5 Å². The third-order valence-electron chi connectivity index (χ3n) is 2.28. The van der Waals surface area contributed by atoms with Crippen molar-refractivity contribution in [2.45, 2.75) is 18.9 Å². The van der Waals surface area contributed by atoms with Crippen LogP contribution in [0.5, 0.6) is 5.75 Å². The Hall–Kier alpha value is -1.56. The molecule has 0 unspecified atom stereocenters. The van der Waals surface area contributed by atoms with Crippen molar-refractivity contribution >= 4 is 22.0 Å². The van der Waals surface area contributed by atoms with Gasteiger partial charge in [0.2, 0.25) is 10.0 Å². The summed E-state index contributed by atoms with van der Waals surface area (Å²) in [6.45, 7) is 0. The van der Waals surface area contributed by atoms with Crippen LogP contribution in [0.1, 0.15) is 23.2 Å². The van der Waals surface area contributed by atoms with E-state index in [1.807, 2.05) is 0 Å². The number of anilines is 1. The normalized spacial score (nSPS) is 15.4. The number of aldehydes is 1. The minimum atomic E-state index is -3.39. The second-order valence-corrected chi connectivity index (χ2v) is 5.78. The number of para-hydroxylation sites is 1. The highest BCUT2D eigenvalue weighted by atomic mass is 32.2. The predicted molar refractivity (Wildman–Crippen MR) is 63.9 cm³/mol. The number of benzene rings is 1. The zero-order chi connectivity index (χ0) is 12.5. The van der Waals surface area contributed by atoms with Crippen LogP contribution in [0.3, 0.4) is 0 Å². The van der Waals surface area contributed by atoms with E-state index in [9.17, 15) is 13.2 Å². The standard InChI is InChI=1S/C11H13NO4S/c1-17(14,15)12-10-4-2-3-8(7-13)11(10)16-9-5-6-9/h2-4,7,9,12H,5-6H2,1H3. The number of sulfonamides is 1. The van der Waals surface area contributed by atoms with Crippen LogP contribution in [0.2, 0.25) is 0 Å². The minimum absolute atomic E-state index is 0.0937. The lowest BCUT2D eigenvalue weighted by Crippen LogP contribution is -2.12. The summed E-state index contributed by atoms with van der Waals surface area (Å²) in [7, 11) is -3.39. The first-order chi connectivity index (χ1) is 7.99. The van der Waals surface area contributed by atoms with Gasteiger partial charge in [0.1, 0.15) is 0 Å². The molecule has 0 aliphatic heterocycles. The molecule has 17 heavy (non-hydrogen) atoms. The fourth-order valence-corrected chi connectivity index (χ4v) is 1.97. The summed E-state index contributed by atoms with van der Waals surface area (Å²) in [5, 5.41) is 0. The van der Waals surface area contributed by atoms with Gasteiger partial charge in [-0.05, 0) is 25.0 Å². The molecule has 0 heterocycles. The van der Waals surface area contributed by atoms with Gasteiger partial charge in [0, 0.05) is 0 Å². The maximum atomic E-state index is 11.2. The summed E-state index contributed by atoms with van der Waals surface area (Å²) >= 11 is 0. The molecule has 0 atom stereocenters. The molecule has 0 spiro atoms. The first kappa shape index (κ1) is 11.9. The molecular formula is C11H13NO4S. The van der Waals surface area contributed by atoms with Crippen LogP contribution in [-0.4, -0.2) is 27.1 Å². The van der Waals surface area contributed by atoms with Gasteiger partial charge >= 0.3 is 0 Å². The van der Waals surface area contributed by atoms with Crippen molar-refractivity contribution in [3.63, 3.8) is 0 Å². The number of ether oxygens (including phenoxy) is 1. The van der Waals surface area contributed by atoms with Crippen LogP contribution in [-0.2, 0) is 10.0 Å². The number of rotatable bonds is 5. The van der Waals surface area contributed by atoms with Crippen molar-refractivity contribution in [3.8, 4) is 5.75 Å². The zero-order valence-electron chi connectivity index (χ0n) is 9.34. The third kappa shape index (κ3) is 3.20. The molecule has 0 radical (unpaired) electrons. The number of hydrogen-bond donors (Lipinski definition) is 1. The Labute approximate surface area is 99.8 Å². The van der Waals surface area contributed by atoms with E-state index in [1.165, 1.54) is 0 Å². The van der Waals surface area contributed by atoms with Gasteiger partial charge in [0.05, 0.1) is 23.6 Å². The lowest BCUT2D eigenvalue weighted by atomic mass is 10.2. The minimum Gasteiger partial charge on any atom is -0.487 e. The van der Waals surface area contributed by atoms with Crippen LogP contribution < -0.4 is 9.46 Å². The van der Waals surface area contributed by atoms with E-state index in [2.05, 4.69) is 4.72 Å². The molecule has 2 rings (SSSR count). The SMILES string of the molecule is CS(=O)(=O)Nc1cccc(C=O)c1OC1CC1. The van der Waals surface area contributed by atoms with Crippen LogP contribution in [0, 0.1) is 0 Å². The van der Waals surface area contributed by atoms with Crippen molar-refractivity contribution in [3.05, 3.63) is 23.8 Å². The Morgan fingerprint density at radius 2 is 2.12 bits per heavy atom. The van der Waals surface area contributed by atoms with Gasteiger partial charge in [0.15, 0.2) is 12.0 Å². The smallest absolute Gasteiger partial charge is 0.229 e. The van der Waals surface area contributed by atoms with E-state index in [0.717, 1.165) is 19.1 Å². The molecule has 1 aromatic carbocycles. The molecule has 0 saturated heterocycles. The van der Waals surface area contributed by atoms with E-state index < -0.39 is 10.0 Å². The van der Waals surface area contributed by atoms with Crippen molar-refractivity contribution in [2.24, 2.45) is 0 Å². The van der Waals surface area contributed by atoms with E-state index in [0.29, 0.717) is 23.3 Å². The molecule has 1 saturated carbocycles. The molecule has 1 fully saturated rings. The highest BCUT2D eigenvalue weighted by Crippen LogP contribution is 2.34. The second-order valence-electron chi connectivity index (χ2n) is 4.03. The molecule has 0 bridgehead atoms. The van der Waals surface area contributed by atoms with Gasteiger partial charge in [0.25, 0.3) is 0 Å². The van der Waals surface area contributed by atoms with Gasteiger partial charge in [-0.2, -0.15) is 0 Å². The Bertz CT molecular complexity index is 534. The van der Waals surface area contributed by atoms with E-state index in [4.69, 9.17) is 4.74 Å². The average Bonchev–Trinajstić information content (AvgIpc) is 3.02. The van der Waals surface area contributed by atoms with Gasteiger partial charge in [-0.3, -0.25) is 9.52 Å². The number of carbonyl (C=O) groups is 1. The molecule has 92 valence electrons. The summed E-state index contributed by atoms with van der Waals surface area (Å²) < 4.78 is 30.3. The van der Waals surface area contributed by atoms with Crippen LogP contribution in [0.15, 0.2) is 18.2 Å². The van der Waals surface area contributed by atoms with Crippen molar-refractivity contribution in [2.75, 3.05) is 11.0 Å². The molecule has 0 aromatic heterocycles. The highest BCUT2D eigenvalue weighted by Gasteiger charge is 2.26. The average molecular weight is 255 g/mol. The lowest BCUT2D eigenvalue weighted by molar-refractivity contribution is 0.111. The van der Waals surface area contributed by atoms with Crippen molar-refractivity contribution < 1.29 is 17.9 Å².